The van der Waals surface area contributed by atoms with Crippen LogP contribution in [0, 0.1) is 6.92 Å². The molecule has 3 aromatic carbocycles. The van der Waals surface area contributed by atoms with Crippen molar-refractivity contribution in [2.75, 3.05) is 13.6 Å². The normalized spacial score (nSPS) is 10.2. The fourth-order valence-electron chi connectivity index (χ4n) is 3.65. The zero-order valence-corrected chi connectivity index (χ0v) is 23.4. The smallest absolute Gasteiger partial charge is 0.325 e. The number of amides is 4. The number of carbonyl (C=O) groups excluding carboxylic acids is 2. The van der Waals surface area contributed by atoms with Crippen molar-refractivity contribution < 1.29 is 24.2 Å². The Morgan fingerprint density at radius 1 is 1.10 bits per heavy atom. The van der Waals surface area contributed by atoms with Crippen molar-refractivity contribution in [1.82, 2.24) is 25.7 Å². The minimum Gasteiger partial charge on any atom is -0.481 e. The van der Waals surface area contributed by atoms with E-state index in [0.717, 1.165) is 44.1 Å². The Labute approximate surface area is 242 Å². The molecule has 0 saturated heterocycles. The Morgan fingerprint density at radius 3 is 2.51 bits per heavy atom. The van der Waals surface area contributed by atoms with Crippen molar-refractivity contribution in [2.24, 2.45) is 4.99 Å². The van der Waals surface area contributed by atoms with Gasteiger partial charge in [0.05, 0.1) is 17.4 Å². The first-order chi connectivity index (χ1) is 19.7. The molecule has 0 radical (unpaired) electrons. The van der Waals surface area contributed by atoms with Crippen LogP contribution in [0.2, 0.25) is 5.02 Å². The van der Waals surface area contributed by atoms with Gasteiger partial charge in [0, 0.05) is 43.0 Å². The number of rotatable bonds is 9. The Balaban J connectivity index is 0.000000227. The Kier molecular flexibility index (Phi) is 11.2. The second-order valence-corrected chi connectivity index (χ2v) is 9.25. The van der Waals surface area contributed by atoms with Gasteiger partial charge in [0.15, 0.2) is 0 Å². The van der Waals surface area contributed by atoms with E-state index in [1.54, 1.807) is 30.5 Å². The van der Waals surface area contributed by atoms with Gasteiger partial charge in [-0.1, -0.05) is 23.7 Å². The van der Waals surface area contributed by atoms with Crippen LogP contribution in [0.25, 0.3) is 10.9 Å². The lowest BCUT2D eigenvalue weighted by Gasteiger charge is -2.20. The first kappa shape index (κ1) is 30.6. The van der Waals surface area contributed by atoms with Crippen molar-refractivity contribution in [3.8, 4) is 11.5 Å². The van der Waals surface area contributed by atoms with Crippen LogP contribution >= 0.6 is 11.6 Å². The fraction of sp³-hybridized carbons (Fsp3) is 0.207. The number of aliphatic imine (C=N–C) groups is 1. The number of aryl methyl sites for hydroxylation is 1. The number of ether oxygens (including phenoxy) is 1. The van der Waals surface area contributed by atoms with Crippen molar-refractivity contribution in [2.45, 2.75) is 26.3 Å². The molecule has 1 aromatic heterocycles. The highest BCUT2D eigenvalue weighted by atomic mass is 35.5. The highest BCUT2D eigenvalue weighted by Gasteiger charge is 2.20. The number of aliphatic carboxylic acids is 1. The van der Waals surface area contributed by atoms with E-state index >= 15 is 0 Å². The Hall–Kier alpha value is -4.90. The summed E-state index contributed by atoms with van der Waals surface area (Å²) < 4.78 is 5.88. The number of urea groups is 2. The number of halogens is 1. The molecule has 0 spiro atoms. The van der Waals surface area contributed by atoms with Gasteiger partial charge >= 0.3 is 18.0 Å². The van der Waals surface area contributed by atoms with E-state index in [9.17, 15) is 14.4 Å². The summed E-state index contributed by atoms with van der Waals surface area (Å²) in [4.78, 5) is 39.1. The van der Waals surface area contributed by atoms with E-state index in [2.05, 4.69) is 32.5 Å². The van der Waals surface area contributed by atoms with Crippen LogP contribution in [0.3, 0.4) is 0 Å². The number of benzene rings is 3. The number of fused-ring (bicyclic) bond motifs is 1. The fourth-order valence-corrected chi connectivity index (χ4v) is 3.77. The first-order valence-electron chi connectivity index (χ1n) is 12.6. The Bertz CT molecular complexity index is 1510. The standard InChI is InChI=1S/C15H13N3O.C14H18ClN3O4/c1-10-7-12(16-2)4-6-15(10)19-13-5-3-11-9-17-18-14(11)8-13;1-16-13(21)18(8-2-3-12(19)20)14(22)17-9-10-4-6-11(15)7-5-10/h3-9H,2H2,1H3,(H,17,18);4-7H,2-3,8-9H2,1H3,(H,16,21)(H,17,22)(H,19,20). The lowest BCUT2D eigenvalue weighted by atomic mass is 10.2. The van der Waals surface area contributed by atoms with Crippen LogP contribution in [-0.4, -0.2) is 58.5 Å². The van der Waals surface area contributed by atoms with Crippen molar-refractivity contribution in [3.05, 3.63) is 83.0 Å². The molecule has 0 atom stereocenters. The van der Waals surface area contributed by atoms with Crippen LogP contribution in [0.15, 0.2) is 71.9 Å². The molecule has 0 aliphatic carbocycles. The predicted octanol–water partition coefficient (Wildman–Crippen LogP) is 6.05. The maximum absolute atomic E-state index is 12.0. The molecule has 0 unspecified atom stereocenters. The first-order valence-corrected chi connectivity index (χ1v) is 13.0. The number of hydrogen-bond donors (Lipinski definition) is 4. The monoisotopic (exact) mass is 578 g/mol. The minimum absolute atomic E-state index is 0.0262. The second-order valence-electron chi connectivity index (χ2n) is 8.82. The molecule has 41 heavy (non-hydrogen) atoms. The quantitative estimate of drug-likeness (QED) is 0.178. The molecule has 0 bridgehead atoms. The molecule has 0 aliphatic rings. The highest BCUT2D eigenvalue weighted by Crippen LogP contribution is 2.29. The summed E-state index contributed by atoms with van der Waals surface area (Å²) >= 11 is 5.77. The van der Waals surface area contributed by atoms with Gasteiger partial charge in [0.25, 0.3) is 0 Å². The number of aromatic amines is 1. The Morgan fingerprint density at radius 2 is 1.85 bits per heavy atom. The third-order valence-corrected chi connectivity index (χ3v) is 6.07. The molecule has 12 heteroatoms. The number of aromatic nitrogens is 2. The van der Waals surface area contributed by atoms with Gasteiger partial charge in [-0.15, -0.1) is 0 Å². The van der Waals surface area contributed by atoms with E-state index in [4.69, 9.17) is 21.4 Å². The van der Waals surface area contributed by atoms with Gasteiger partial charge in [-0.05, 0) is 73.7 Å². The summed E-state index contributed by atoms with van der Waals surface area (Å²) in [5.74, 6) is 0.615. The second kappa shape index (κ2) is 15.0. The SMILES string of the molecule is C=Nc1ccc(Oc2ccc3cn[nH]c3c2)c(C)c1.CNC(=O)N(CCCC(=O)O)C(=O)NCc1ccc(Cl)cc1. The van der Waals surface area contributed by atoms with E-state index < -0.39 is 18.0 Å². The summed E-state index contributed by atoms with van der Waals surface area (Å²) in [7, 11) is 1.40. The van der Waals surface area contributed by atoms with Crippen LogP contribution in [-0.2, 0) is 11.3 Å². The van der Waals surface area contributed by atoms with Crippen molar-refractivity contribution in [3.63, 3.8) is 0 Å². The lowest BCUT2D eigenvalue weighted by molar-refractivity contribution is -0.137. The zero-order chi connectivity index (χ0) is 29.8. The van der Waals surface area contributed by atoms with E-state index in [1.165, 1.54) is 7.05 Å². The van der Waals surface area contributed by atoms with Gasteiger partial charge < -0.3 is 20.5 Å². The summed E-state index contributed by atoms with van der Waals surface area (Å²) in [6, 6.07) is 17.3. The maximum Gasteiger partial charge on any atom is 0.325 e. The molecule has 0 fully saturated rings. The molecule has 4 amide bonds. The van der Waals surface area contributed by atoms with Gasteiger partial charge in [-0.3, -0.25) is 14.9 Å². The molecule has 11 nitrogen and oxygen atoms in total. The van der Waals surface area contributed by atoms with Crippen molar-refractivity contribution >= 4 is 52.9 Å². The summed E-state index contributed by atoms with van der Waals surface area (Å²) in [6.45, 7) is 5.76. The molecule has 4 N–H and O–H groups in total. The molecule has 1 heterocycles. The number of carboxylic acids is 1. The lowest BCUT2D eigenvalue weighted by Crippen LogP contribution is -2.47. The number of hydrogen-bond acceptors (Lipinski definition) is 6. The van der Waals surface area contributed by atoms with Crippen LogP contribution in [0.5, 0.6) is 11.5 Å². The molecular weight excluding hydrogens is 548 g/mol. The predicted molar refractivity (Wildman–Crippen MR) is 158 cm³/mol. The highest BCUT2D eigenvalue weighted by molar-refractivity contribution is 6.30. The average Bonchev–Trinajstić information content (AvgIpc) is 3.44. The largest absolute Gasteiger partial charge is 0.481 e. The molecule has 214 valence electrons. The van der Waals surface area contributed by atoms with Crippen LogP contribution < -0.4 is 15.4 Å². The summed E-state index contributed by atoms with van der Waals surface area (Å²) in [6.07, 6.45) is 1.87. The number of carboxylic acid groups (broad SMARTS) is 1. The van der Waals surface area contributed by atoms with Crippen LogP contribution in [0.1, 0.15) is 24.0 Å². The minimum atomic E-state index is -0.974. The molecule has 0 aliphatic heterocycles. The number of H-pyrrole nitrogens is 1. The number of imide groups is 1. The molecular formula is C29H31ClN6O5. The van der Waals surface area contributed by atoms with Gasteiger partial charge in [0.2, 0.25) is 0 Å². The topological polar surface area (TPSA) is 149 Å². The number of nitrogens with zero attached hydrogens (tertiary/aromatic N) is 3. The molecule has 4 rings (SSSR count). The number of carbonyl (C=O) groups is 3. The number of nitrogens with one attached hydrogen (secondary N) is 3. The molecule has 4 aromatic rings. The van der Waals surface area contributed by atoms with E-state index in [1.807, 2.05) is 43.3 Å². The third-order valence-electron chi connectivity index (χ3n) is 5.82. The third kappa shape index (κ3) is 9.36. The molecule has 0 saturated carbocycles. The average molecular weight is 579 g/mol. The zero-order valence-electron chi connectivity index (χ0n) is 22.7. The summed E-state index contributed by atoms with van der Waals surface area (Å²) in [5, 5.41) is 22.1. The van der Waals surface area contributed by atoms with Gasteiger partial charge in [-0.2, -0.15) is 5.10 Å². The van der Waals surface area contributed by atoms with E-state index in [0.29, 0.717) is 5.02 Å². The van der Waals surface area contributed by atoms with Gasteiger partial charge in [0.1, 0.15) is 11.5 Å². The van der Waals surface area contributed by atoms with E-state index in [-0.39, 0.29) is 25.9 Å². The van der Waals surface area contributed by atoms with Crippen molar-refractivity contribution in [1.29, 1.82) is 0 Å². The maximum atomic E-state index is 12.0. The van der Waals surface area contributed by atoms with Crippen LogP contribution in [0.4, 0.5) is 15.3 Å². The summed E-state index contributed by atoms with van der Waals surface area (Å²) in [5.41, 5.74) is 3.66. The van der Waals surface area contributed by atoms with Gasteiger partial charge in [-0.25, -0.2) is 14.5 Å².